The van der Waals surface area contributed by atoms with Gasteiger partial charge in [0, 0.05) is 12.5 Å². The van der Waals surface area contributed by atoms with Crippen molar-refractivity contribution in [2.24, 2.45) is 0 Å². The number of carbonyl (C=O) groups excluding carboxylic acids is 1. The summed E-state index contributed by atoms with van der Waals surface area (Å²) in [5.41, 5.74) is 0. The highest BCUT2D eigenvalue weighted by molar-refractivity contribution is 5.93. The van der Waals surface area contributed by atoms with E-state index in [1.165, 1.54) is 4.90 Å². The van der Waals surface area contributed by atoms with Gasteiger partial charge in [0.25, 0.3) is 5.91 Å². The lowest BCUT2D eigenvalue weighted by Crippen LogP contribution is -2.48. The average Bonchev–Trinajstić information content (AvgIpc) is 2.87. The normalized spacial score (nSPS) is 19.7. The van der Waals surface area contributed by atoms with Gasteiger partial charge in [0.1, 0.15) is 11.9 Å². The van der Waals surface area contributed by atoms with E-state index in [0.717, 1.165) is 12.8 Å². The van der Waals surface area contributed by atoms with Crippen LogP contribution in [0, 0.1) is 0 Å². The Balaban J connectivity index is 2.18. The number of amides is 1. The number of piperidine rings is 1. The fourth-order valence-electron chi connectivity index (χ4n) is 2.19. The smallest absolute Gasteiger partial charge is 0.326 e. The Bertz CT molecular complexity index is 483. The second-order valence-electron chi connectivity index (χ2n) is 5.05. The zero-order valence-electron chi connectivity index (χ0n) is 11.1. The number of carboxylic acids is 1. The minimum absolute atomic E-state index is 0.0526. The summed E-state index contributed by atoms with van der Waals surface area (Å²) in [4.78, 5) is 28.9. The molecule has 1 aromatic rings. The Kier molecular flexibility index (Phi) is 3.82. The summed E-state index contributed by atoms with van der Waals surface area (Å²) in [7, 11) is 0. The van der Waals surface area contributed by atoms with Gasteiger partial charge in [-0.05, 0) is 19.3 Å². The summed E-state index contributed by atoms with van der Waals surface area (Å²) >= 11 is 0. The number of carboxylic acid groups (broad SMARTS) is 1. The van der Waals surface area contributed by atoms with E-state index in [9.17, 15) is 9.59 Å². The van der Waals surface area contributed by atoms with Gasteiger partial charge in [-0.15, -0.1) is 5.10 Å². The molecule has 7 heteroatoms. The molecule has 0 unspecified atom stereocenters. The number of likely N-dealkylation sites (tertiary alicyclic amines) is 1. The fourth-order valence-corrected chi connectivity index (χ4v) is 2.19. The Labute approximate surface area is 111 Å². The molecule has 104 valence electrons. The van der Waals surface area contributed by atoms with Crippen molar-refractivity contribution in [3.05, 3.63) is 11.6 Å². The minimum atomic E-state index is -0.965. The van der Waals surface area contributed by atoms with E-state index >= 15 is 0 Å². The van der Waals surface area contributed by atoms with Gasteiger partial charge >= 0.3 is 5.97 Å². The summed E-state index contributed by atoms with van der Waals surface area (Å²) in [5, 5.41) is 15.8. The van der Waals surface area contributed by atoms with Crippen LogP contribution in [0.1, 0.15) is 55.5 Å². The van der Waals surface area contributed by atoms with Crippen molar-refractivity contribution in [2.75, 3.05) is 6.54 Å². The van der Waals surface area contributed by atoms with Crippen molar-refractivity contribution in [3.8, 4) is 0 Å². The Hall–Kier alpha value is -1.92. The van der Waals surface area contributed by atoms with Crippen molar-refractivity contribution >= 4 is 11.9 Å². The van der Waals surface area contributed by atoms with Crippen LogP contribution in [-0.4, -0.2) is 49.7 Å². The van der Waals surface area contributed by atoms with Gasteiger partial charge in [-0.3, -0.25) is 9.89 Å². The third-order valence-electron chi connectivity index (χ3n) is 3.29. The van der Waals surface area contributed by atoms with Crippen LogP contribution in [0.4, 0.5) is 0 Å². The maximum Gasteiger partial charge on any atom is 0.326 e. The van der Waals surface area contributed by atoms with Crippen LogP contribution in [0.3, 0.4) is 0 Å². The van der Waals surface area contributed by atoms with E-state index in [1.54, 1.807) is 0 Å². The molecule has 0 spiro atoms. The monoisotopic (exact) mass is 266 g/mol. The first kappa shape index (κ1) is 13.5. The standard InChI is InChI=1S/C12H18N4O3/c1-7(2)9-13-10(15-14-9)11(17)16-6-4-3-5-8(16)12(18)19/h7-8H,3-6H2,1-2H3,(H,18,19)(H,13,14,15)/t8-/m1/s1. The van der Waals surface area contributed by atoms with Crippen LogP contribution < -0.4 is 0 Å². The Morgan fingerprint density at radius 3 is 2.74 bits per heavy atom. The average molecular weight is 266 g/mol. The molecule has 0 aliphatic carbocycles. The topological polar surface area (TPSA) is 99.2 Å². The molecule has 0 aromatic carbocycles. The molecule has 1 fully saturated rings. The van der Waals surface area contributed by atoms with Crippen molar-refractivity contribution < 1.29 is 14.7 Å². The quantitative estimate of drug-likeness (QED) is 0.850. The molecule has 1 amide bonds. The zero-order valence-corrected chi connectivity index (χ0v) is 11.1. The molecular formula is C12H18N4O3. The molecule has 1 saturated heterocycles. The van der Waals surface area contributed by atoms with Crippen molar-refractivity contribution in [1.82, 2.24) is 20.1 Å². The minimum Gasteiger partial charge on any atom is -0.480 e. The highest BCUT2D eigenvalue weighted by Crippen LogP contribution is 2.19. The van der Waals surface area contributed by atoms with Crippen LogP contribution in [0.2, 0.25) is 0 Å². The third-order valence-corrected chi connectivity index (χ3v) is 3.29. The molecule has 7 nitrogen and oxygen atoms in total. The maximum atomic E-state index is 12.3. The van der Waals surface area contributed by atoms with Gasteiger partial charge in [0.05, 0.1) is 0 Å². The second kappa shape index (κ2) is 5.38. The lowest BCUT2D eigenvalue weighted by molar-refractivity contribution is -0.143. The van der Waals surface area contributed by atoms with Crippen LogP contribution in [0.5, 0.6) is 0 Å². The third kappa shape index (κ3) is 2.74. The van der Waals surface area contributed by atoms with E-state index in [1.807, 2.05) is 13.8 Å². The molecule has 1 aliphatic rings. The molecule has 2 heterocycles. The fraction of sp³-hybridized carbons (Fsp3) is 0.667. The Morgan fingerprint density at radius 2 is 2.16 bits per heavy atom. The van der Waals surface area contributed by atoms with Gasteiger partial charge < -0.3 is 10.0 Å². The second-order valence-corrected chi connectivity index (χ2v) is 5.05. The number of carbonyl (C=O) groups is 2. The lowest BCUT2D eigenvalue weighted by atomic mass is 10.0. The molecule has 1 aromatic heterocycles. The first-order valence-electron chi connectivity index (χ1n) is 6.46. The van der Waals surface area contributed by atoms with Crippen molar-refractivity contribution in [3.63, 3.8) is 0 Å². The van der Waals surface area contributed by atoms with Gasteiger partial charge in [-0.2, -0.15) is 0 Å². The highest BCUT2D eigenvalue weighted by atomic mass is 16.4. The number of hydrogen-bond donors (Lipinski definition) is 2. The Morgan fingerprint density at radius 1 is 1.42 bits per heavy atom. The summed E-state index contributed by atoms with van der Waals surface area (Å²) in [6.07, 6.45) is 2.13. The van der Waals surface area contributed by atoms with Gasteiger partial charge in [-0.1, -0.05) is 13.8 Å². The first-order chi connectivity index (χ1) is 9.00. The van der Waals surface area contributed by atoms with Crippen molar-refractivity contribution in [1.29, 1.82) is 0 Å². The van der Waals surface area contributed by atoms with E-state index in [0.29, 0.717) is 18.8 Å². The SMILES string of the molecule is CC(C)c1nc(C(=O)N2CCCC[C@@H]2C(=O)O)n[nH]1. The number of nitrogens with one attached hydrogen (secondary N) is 1. The molecule has 2 N–H and O–H groups in total. The van der Waals surface area contributed by atoms with Gasteiger partial charge in [-0.25, -0.2) is 9.78 Å². The number of H-pyrrole nitrogens is 1. The van der Waals surface area contributed by atoms with E-state index in [-0.39, 0.29) is 11.7 Å². The lowest BCUT2D eigenvalue weighted by Gasteiger charge is -2.31. The van der Waals surface area contributed by atoms with Gasteiger partial charge in [0.2, 0.25) is 5.82 Å². The molecule has 1 aliphatic heterocycles. The highest BCUT2D eigenvalue weighted by Gasteiger charge is 2.34. The van der Waals surface area contributed by atoms with Crippen LogP contribution >= 0.6 is 0 Å². The summed E-state index contributed by atoms with van der Waals surface area (Å²) in [5.74, 6) is -0.544. The maximum absolute atomic E-state index is 12.3. The predicted molar refractivity (Wildman–Crippen MR) is 66.8 cm³/mol. The summed E-state index contributed by atoms with van der Waals surface area (Å²) in [6, 6.07) is -0.762. The number of aliphatic carboxylic acids is 1. The number of aromatic amines is 1. The zero-order chi connectivity index (χ0) is 14.0. The summed E-state index contributed by atoms with van der Waals surface area (Å²) < 4.78 is 0. The van der Waals surface area contributed by atoms with E-state index < -0.39 is 17.9 Å². The predicted octanol–water partition coefficient (Wildman–Crippen LogP) is 1.01. The van der Waals surface area contributed by atoms with E-state index in [4.69, 9.17) is 5.11 Å². The van der Waals surface area contributed by atoms with E-state index in [2.05, 4.69) is 15.2 Å². The van der Waals surface area contributed by atoms with Crippen molar-refractivity contribution in [2.45, 2.75) is 45.1 Å². The van der Waals surface area contributed by atoms with Crippen LogP contribution in [0.25, 0.3) is 0 Å². The van der Waals surface area contributed by atoms with Crippen LogP contribution in [0.15, 0.2) is 0 Å². The molecule has 2 rings (SSSR count). The number of nitrogens with zero attached hydrogens (tertiary/aromatic N) is 3. The summed E-state index contributed by atoms with van der Waals surface area (Å²) in [6.45, 7) is 4.33. The molecule has 0 bridgehead atoms. The number of aromatic nitrogens is 3. The van der Waals surface area contributed by atoms with Gasteiger partial charge in [0.15, 0.2) is 0 Å². The van der Waals surface area contributed by atoms with Crippen LogP contribution in [-0.2, 0) is 4.79 Å². The molecule has 0 radical (unpaired) electrons. The number of rotatable bonds is 3. The first-order valence-corrected chi connectivity index (χ1v) is 6.46. The molecule has 0 saturated carbocycles. The molecule has 1 atom stereocenters. The number of hydrogen-bond acceptors (Lipinski definition) is 4. The molecule has 19 heavy (non-hydrogen) atoms. The molecular weight excluding hydrogens is 248 g/mol. The largest absolute Gasteiger partial charge is 0.480 e.